The van der Waals surface area contributed by atoms with E-state index < -0.39 is 5.97 Å². The number of carboxylic acid groups (broad SMARTS) is 1. The van der Waals surface area contributed by atoms with Crippen LogP contribution in [0.5, 0.6) is 5.75 Å². The number of hydrogen-bond donors (Lipinski definition) is 1. The molecule has 5 nitrogen and oxygen atoms in total. The van der Waals surface area contributed by atoms with Gasteiger partial charge in [-0.15, -0.1) is 0 Å². The first-order chi connectivity index (χ1) is 9.51. The van der Waals surface area contributed by atoms with Crippen LogP contribution in [-0.4, -0.2) is 27.7 Å². The fourth-order valence-corrected chi connectivity index (χ4v) is 2.46. The Morgan fingerprint density at radius 1 is 1.50 bits per heavy atom. The third kappa shape index (κ3) is 3.19. The predicted molar refractivity (Wildman–Crippen MR) is 78.9 cm³/mol. The SMILES string of the molecule is COc1ccc(-c2cn(C)c(CCC(=O)O)n2)cc1Br. The van der Waals surface area contributed by atoms with Crippen LogP contribution in [0.15, 0.2) is 28.9 Å². The van der Waals surface area contributed by atoms with E-state index in [4.69, 9.17) is 9.84 Å². The molecule has 2 aromatic rings. The first kappa shape index (κ1) is 14.6. The molecule has 20 heavy (non-hydrogen) atoms. The van der Waals surface area contributed by atoms with Gasteiger partial charge in [-0.1, -0.05) is 0 Å². The van der Waals surface area contributed by atoms with Gasteiger partial charge in [0.25, 0.3) is 0 Å². The van der Waals surface area contributed by atoms with E-state index in [1.54, 1.807) is 7.11 Å². The molecule has 0 atom stereocenters. The molecule has 0 aliphatic carbocycles. The molecule has 0 spiro atoms. The van der Waals surface area contributed by atoms with E-state index in [-0.39, 0.29) is 6.42 Å². The summed E-state index contributed by atoms with van der Waals surface area (Å²) in [5.41, 5.74) is 1.77. The van der Waals surface area contributed by atoms with Crippen molar-refractivity contribution in [2.24, 2.45) is 7.05 Å². The Morgan fingerprint density at radius 2 is 2.25 bits per heavy atom. The summed E-state index contributed by atoms with van der Waals surface area (Å²) in [4.78, 5) is 15.1. The number of ether oxygens (including phenoxy) is 1. The van der Waals surface area contributed by atoms with Crippen molar-refractivity contribution in [3.05, 3.63) is 34.7 Å². The first-order valence-corrected chi connectivity index (χ1v) is 6.88. The van der Waals surface area contributed by atoms with Crippen LogP contribution in [0.25, 0.3) is 11.3 Å². The van der Waals surface area contributed by atoms with Gasteiger partial charge < -0.3 is 14.4 Å². The van der Waals surface area contributed by atoms with Gasteiger partial charge >= 0.3 is 5.97 Å². The number of aliphatic carboxylic acids is 1. The van der Waals surface area contributed by atoms with Crippen molar-refractivity contribution in [2.75, 3.05) is 7.11 Å². The molecule has 1 N–H and O–H groups in total. The highest BCUT2D eigenvalue weighted by Crippen LogP contribution is 2.30. The lowest BCUT2D eigenvalue weighted by Crippen LogP contribution is -2.02. The van der Waals surface area contributed by atoms with E-state index in [0.29, 0.717) is 6.42 Å². The highest BCUT2D eigenvalue weighted by molar-refractivity contribution is 9.10. The minimum Gasteiger partial charge on any atom is -0.496 e. The summed E-state index contributed by atoms with van der Waals surface area (Å²) in [7, 11) is 3.48. The third-order valence-electron chi connectivity index (χ3n) is 2.98. The Bertz CT molecular complexity index is 637. The van der Waals surface area contributed by atoms with Gasteiger partial charge in [0.15, 0.2) is 0 Å². The highest BCUT2D eigenvalue weighted by Gasteiger charge is 2.10. The van der Waals surface area contributed by atoms with Crippen LogP contribution in [0, 0.1) is 0 Å². The number of nitrogens with zero attached hydrogens (tertiary/aromatic N) is 2. The summed E-state index contributed by atoms with van der Waals surface area (Å²) in [6.07, 6.45) is 2.39. The number of halogens is 1. The lowest BCUT2D eigenvalue weighted by atomic mass is 10.1. The Labute approximate surface area is 125 Å². The van der Waals surface area contributed by atoms with Crippen LogP contribution in [-0.2, 0) is 18.3 Å². The molecular weight excluding hydrogens is 324 g/mol. The van der Waals surface area contributed by atoms with Crippen molar-refractivity contribution in [2.45, 2.75) is 12.8 Å². The molecule has 0 unspecified atom stereocenters. The standard InChI is InChI=1S/C14H15BrN2O3/c1-17-8-11(16-13(17)5-6-14(18)19)9-3-4-12(20-2)10(15)7-9/h3-4,7-8H,5-6H2,1-2H3,(H,18,19). The maximum Gasteiger partial charge on any atom is 0.303 e. The molecule has 106 valence electrons. The number of carboxylic acids is 1. The zero-order valence-electron chi connectivity index (χ0n) is 11.3. The van der Waals surface area contributed by atoms with Gasteiger partial charge in [0.05, 0.1) is 23.7 Å². The molecule has 0 aliphatic heterocycles. The molecule has 2 rings (SSSR count). The summed E-state index contributed by atoms with van der Waals surface area (Å²) >= 11 is 3.44. The lowest BCUT2D eigenvalue weighted by Gasteiger charge is -2.04. The number of aromatic nitrogens is 2. The quantitative estimate of drug-likeness (QED) is 0.910. The molecule has 0 radical (unpaired) electrons. The maximum atomic E-state index is 10.6. The summed E-state index contributed by atoms with van der Waals surface area (Å²) in [5.74, 6) is 0.701. The number of benzene rings is 1. The van der Waals surface area contributed by atoms with Crippen molar-refractivity contribution in [3.8, 4) is 17.0 Å². The van der Waals surface area contributed by atoms with Crippen molar-refractivity contribution >= 4 is 21.9 Å². The second-order valence-corrected chi connectivity index (χ2v) is 5.25. The van der Waals surface area contributed by atoms with E-state index in [1.165, 1.54) is 0 Å². The maximum absolute atomic E-state index is 10.6. The molecule has 0 bridgehead atoms. The lowest BCUT2D eigenvalue weighted by molar-refractivity contribution is -0.137. The molecule has 1 aromatic heterocycles. The van der Waals surface area contributed by atoms with Gasteiger partial charge in [-0.3, -0.25) is 4.79 Å². The summed E-state index contributed by atoms with van der Waals surface area (Å²) < 4.78 is 7.91. The highest BCUT2D eigenvalue weighted by atomic mass is 79.9. The molecule has 0 saturated heterocycles. The molecule has 0 amide bonds. The van der Waals surface area contributed by atoms with E-state index in [0.717, 1.165) is 27.3 Å². The van der Waals surface area contributed by atoms with Gasteiger partial charge in [0, 0.05) is 25.2 Å². The fourth-order valence-electron chi connectivity index (χ4n) is 1.92. The van der Waals surface area contributed by atoms with Gasteiger partial charge in [-0.05, 0) is 34.1 Å². The van der Waals surface area contributed by atoms with E-state index in [1.807, 2.05) is 36.0 Å². The number of methoxy groups -OCH3 is 1. The second-order valence-electron chi connectivity index (χ2n) is 4.40. The van der Waals surface area contributed by atoms with E-state index >= 15 is 0 Å². The fraction of sp³-hybridized carbons (Fsp3) is 0.286. The van der Waals surface area contributed by atoms with Crippen LogP contribution in [0.3, 0.4) is 0 Å². The molecule has 0 saturated carbocycles. The van der Waals surface area contributed by atoms with Crippen molar-refractivity contribution in [1.82, 2.24) is 9.55 Å². The Morgan fingerprint density at radius 3 is 2.85 bits per heavy atom. The number of imidazole rings is 1. The van der Waals surface area contributed by atoms with Crippen LogP contribution in [0.4, 0.5) is 0 Å². The van der Waals surface area contributed by atoms with Crippen LogP contribution in [0.2, 0.25) is 0 Å². The average molecular weight is 339 g/mol. The molecule has 1 heterocycles. The molecule has 6 heteroatoms. The zero-order chi connectivity index (χ0) is 14.7. The normalized spacial score (nSPS) is 10.6. The number of carbonyl (C=O) groups is 1. The predicted octanol–water partition coefficient (Wildman–Crippen LogP) is 2.88. The smallest absolute Gasteiger partial charge is 0.303 e. The number of aryl methyl sites for hydroxylation is 2. The molecule has 0 aliphatic rings. The van der Waals surface area contributed by atoms with Gasteiger partial charge in [0.2, 0.25) is 0 Å². The number of hydrogen-bond acceptors (Lipinski definition) is 3. The largest absolute Gasteiger partial charge is 0.496 e. The van der Waals surface area contributed by atoms with Crippen LogP contribution in [0.1, 0.15) is 12.2 Å². The van der Waals surface area contributed by atoms with Gasteiger partial charge in [-0.2, -0.15) is 0 Å². The summed E-state index contributed by atoms with van der Waals surface area (Å²) in [5, 5.41) is 8.73. The molecular formula is C14H15BrN2O3. The topological polar surface area (TPSA) is 64.3 Å². The first-order valence-electron chi connectivity index (χ1n) is 6.09. The Hall–Kier alpha value is -1.82. The van der Waals surface area contributed by atoms with Crippen molar-refractivity contribution in [1.29, 1.82) is 0 Å². The Kier molecular flexibility index (Phi) is 4.44. The molecule has 1 aromatic carbocycles. The van der Waals surface area contributed by atoms with Gasteiger partial charge in [-0.25, -0.2) is 4.98 Å². The van der Waals surface area contributed by atoms with E-state index in [2.05, 4.69) is 20.9 Å². The minimum absolute atomic E-state index is 0.0800. The second kappa shape index (κ2) is 6.09. The summed E-state index contributed by atoms with van der Waals surface area (Å²) in [6, 6.07) is 5.72. The molecule has 0 fully saturated rings. The third-order valence-corrected chi connectivity index (χ3v) is 3.60. The van der Waals surface area contributed by atoms with Crippen molar-refractivity contribution < 1.29 is 14.6 Å². The summed E-state index contributed by atoms with van der Waals surface area (Å²) in [6.45, 7) is 0. The van der Waals surface area contributed by atoms with Crippen LogP contribution >= 0.6 is 15.9 Å². The van der Waals surface area contributed by atoms with Gasteiger partial charge in [0.1, 0.15) is 11.6 Å². The zero-order valence-corrected chi connectivity index (χ0v) is 12.8. The van der Waals surface area contributed by atoms with Crippen molar-refractivity contribution in [3.63, 3.8) is 0 Å². The Balaban J connectivity index is 2.27. The van der Waals surface area contributed by atoms with E-state index in [9.17, 15) is 4.79 Å². The monoisotopic (exact) mass is 338 g/mol. The van der Waals surface area contributed by atoms with Crippen LogP contribution < -0.4 is 4.74 Å². The minimum atomic E-state index is -0.818. The number of rotatable bonds is 5. The average Bonchev–Trinajstić information content (AvgIpc) is 2.77.